The highest BCUT2D eigenvalue weighted by atomic mass is 16.5. The molecule has 2 amide bonds. The van der Waals surface area contributed by atoms with Crippen molar-refractivity contribution in [1.29, 1.82) is 0 Å². The Morgan fingerprint density at radius 2 is 1.70 bits per heavy atom. The third-order valence-electron chi connectivity index (χ3n) is 6.19. The van der Waals surface area contributed by atoms with E-state index in [2.05, 4.69) is 17.3 Å². The average Bonchev–Trinajstić information content (AvgIpc) is 3.46. The van der Waals surface area contributed by atoms with Crippen LogP contribution in [0.3, 0.4) is 0 Å². The minimum absolute atomic E-state index is 0.179. The number of methoxy groups -OCH3 is 1. The number of ether oxygens (including phenoxy) is 2. The molecule has 6 heteroatoms. The predicted octanol–water partition coefficient (Wildman–Crippen LogP) is 3.42. The normalized spacial score (nSPS) is 26.6. The van der Waals surface area contributed by atoms with E-state index in [4.69, 9.17) is 9.47 Å². The molecule has 0 N–H and O–H groups in total. The summed E-state index contributed by atoms with van der Waals surface area (Å²) in [4.78, 5) is 25.4. The fraction of sp³-hybridized carbons (Fsp3) is 0.292. The van der Waals surface area contributed by atoms with Gasteiger partial charge in [-0.2, -0.15) is 10.1 Å². The van der Waals surface area contributed by atoms with Gasteiger partial charge in [0.1, 0.15) is 6.61 Å². The van der Waals surface area contributed by atoms with E-state index in [1.807, 2.05) is 36.4 Å². The van der Waals surface area contributed by atoms with Gasteiger partial charge in [-0.15, -0.1) is 0 Å². The molecule has 2 fully saturated rings. The standard InChI is InChI=1S/C24H22N2O4/c1-29-20-11-16(7-10-19(20)30-14-15-5-3-2-4-6-15)13-25-26-23(27)21-17-8-9-18(12-17)22(21)24(26)28/h2-11,13,17-18,21-22H,12,14H2,1H3/b25-13-/t17-,18-,21-,22-/m0/s1. The van der Waals surface area contributed by atoms with E-state index in [1.54, 1.807) is 19.2 Å². The topological polar surface area (TPSA) is 68.2 Å². The van der Waals surface area contributed by atoms with E-state index in [0.29, 0.717) is 18.1 Å². The summed E-state index contributed by atoms with van der Waals surface area (Å²) in [5.41, 5.74) is 1.78. The van der Waals surface area contributed by atoms with Crippen LogP contribution in [0.5, 0.6) is 11.5 Å². The third-order valence-corrected chi connectivity index (χ3v) is 6.19. The van der Waals surface area contributed by atoms with Gasteiger partial charge < -0.3 is 9.47 Å². The van der Waals surface area contributed by atoms with Gasteiger partial charge in [0.2, 0.25) is 0 Å². The molecule has 0 unspecified atom stereocenters. The van der Waals surface area contributed by atoms with Crippen molar-refractivity contribution in [3.8, 4) is 11.5 Å². The smallest absolute Gasteiger partial charge is 0.254 e. The largest absolute Gasteiger partial charge is 0.493 e. The van der Waals surface area contributed by atoms with Gasteiger partial charge in [0.05, 0.1) is 25.2 Å². The van der Waals surface area contributed by atoms with Crippen LogP contribution in [-0.2, 0) is 16.2 Å². The van der Waals surface area contributed by atoms with Crippen molar-refractivity contribution >= 4 is 18.0 Å². The lowest BCUT2D eigenvalue weighted by Crippen LogP contribution is -2.28. The van der Waals surface area contributed by atoms with Crippen LogP contribution in [0.4, 0.5) is 0 Å². The second-order valence-electron chi connectivity index (χ2n) is 7.92. The van der Waals surface area contributed by atoms with Crippen molar-refractivity contribution in [2.75, 3.05) is 7.11 Å². The number of benzene rings is 2. The molecule has 2 aliphatic carbocycles. The number of imide groups is 1. The van der Waals surface area contributed by atoms with E-state index in [1.165, 1.54) is 6.21 Å². The van der Waals surface area contributed by atoms with Crippen LogP contribution >= 0.6 is 0 Å². The number of carbonyl (C=O) groups excluding carboxylic acids is 2. The van der Waals surface area contributed by atoms with Crippen molar-refractivity contribution in [1.82, 2.24) is 5.01 Å². The fourth-order valence-electron chi connectivity index (χ4n) is 4.74. The van der Waals surface area contributed by atoms with Crippen LogP contribution in [0.25, 0.3) is 0 Å². The number of hydrogen-bond donors (Lipinski definition) is 0. The molecule has 1 heterocycles. The number of allylic oxidation sites excluding steroid dienone is 2. The highest BCUT2D eigenvalue weighted by Crippen LogP contribution is 2.52. The Morgan fingerprint density at radius 1 is 1.00 bits per heavy atom. The first-order valence-electron chi connectivity index (χ1n) is 10.1. The molecule has 1 aliphatic heterocycles. The van der Waals surface area contributed by atoms with E-state index >= 15 is 0 Å². The summed E-state index contributed by atoms with van der Waals surface area (Å²) in [6, 6.07) is 15.3. The van der Waals surface area contributed by atoms with E-state index in [9.17, 15) is 9.59 Å². The molecule has 2 aromatic carbocycles. The molecular weight excluding hydrogens is 380 g/mol. The number of carbonyl (C=O) groups is 2. The SMILES string of the molecule is COc1cc(/C=N\N2C(=O)[C@@H]3[C@@H](C2=O)[C@H]2C=C[C@H]3C2)ccc1OCc1ccccc1. The first kappa shape index (κ1) is 18.6. The summed E-state index contributed by atoms with van der Waals surface area (Å²) in [6.07, 6.45) is 6.58. The van der Waals surface area contributed by atoms with Crippen LogP contribution in [0.15, 0.2) is 65.8 Å². The Bertz CT molecular complexity index is 1020. The molecule has 1 saturated heterocycles. The highest BCUT2D eigenvalue weighted by molar-refractivity contribution is 6.06. The van der Waals surface area contributed by atoms with Gasteiger partial charge in [-0.1, -0.05) is 42.5 Å². The second kappa shape index (κ2) is 7.44. The zero-order chi connectivity index (χ0) is 20.7. The predicted molar refractivity (Wildman–Crippen MR) is 111 cm³/mol. The van der Waals surface area contributed by atoms with E-state index in [-0.39, 0.29) is 35.5 Å². The molecule has 1 saturated carbocycles. The van der Waals surface area contributed by atoms with E-state index in [0.717, 1.165) is 22.6 Å². The fourth-order valence-corrected chi connectivity index (χ4v) is 4.74. The zero-order valence-corrected chi connectivity index (χ0v) is 16.6. The van der Waals surface area contributed by atoms with Crippen LogP contribution in [0, 0.1) is 23.7 Å². The number of fused-ring (bicyclic) bond motifs is 5. The molecule has 30 heavy (non-hydrogen) atoms. The first-order valence-corrected chi connectivity index (χ1v) is 10.1. The van der Waals surface area contributed by atoms with Gasteiger partial charge in [0.25, 0.3) is 11.8 Å². The quantitative estimate of drug-likeness (QED) is 0.422. The first-order chi connectivity index (χ1) is 14.7. The zero-order valence-electron chi connectivity index (χ0n) is 16.6. The van der Waals surface area contributed by atoms with Gasteiger partial charge in [-0.25, -0.2) is 0 Å². The molecule has 5 rings (SSSR count). The number of nitrogens with zero attached hydrogens (tertiary/aromatic N) is 2. The minimum atomic E-state index is -0.243. The van der Waals surface area contributed by atoms with Crippen LogP contribution in [-0.4, -0.2) is 30.1 Å². The average molecular weight is 402 g/mol. The van der Waals surface area contributed by atoms with Crippen LogP contribution in [0.2, 0.25) is 0 Å². The Labute approximate surface area is 174 Å². The van der Waals surface area contributed by atoms with Crippen LogP contribution < -0.4 is 9.47 Å². The molecule has 3 aliphatic rings. The molecule has 0 aromatic heterocycles. The van der Waals surface area contributed by atoms with Crippen molar-refractivity contribution in [3.63, 3.8) is 0 Å². The summed E-state index contributed by atoms with van der Waals surface area (Å²) in [6.45, 7) is 0.431. The van der Waals surface area contributed by atoms with Crippen molar-refractivity contribution in [3.05, 3.63) is 71.8 Å². The van der Waals surface area contributed by atoms with Crippen molar-refractivity contribution in [2.24, 2.45) is 28.8 Å². The maximum absolute atomic E-state index is 12.7. The highest BCUT2D eigenvalue weighted by Gasteiger charge is 2.59. The summed E-state index contributed by atoms with van der Waals surface area (Å²) < 4.78 is 11.3. The van der Waals surface area contributed by atoms with Gasteiger partial charge in [0, 0.05) is 0 Å². The second-order valence-corrected chi connectivity index (χ2v) is 7.92. The molecule has 152 valence electrons. The Balaban J connectivity index is 1.30. The van der Waals surface area contributed by atoms with Gasteiger partial charge in [0.15, 0.2) is 11.5 Å². The van der Waals surface area contributed by atoms with Gasteiger partial charge in [-0.05, 0) is 47.6 Å². The molecule has 2 bridgehead atoms. The lowest BCUT2D eigenvalue weighted by atomic mass is 9.85. The maximum atomic E-state index is 12.7. The molecule has 2 aromatic rings. The lowest BCUT2D eigenvalue weighted by molar-refractivity contribution is -0.140. The minimum Gasteiger partial charge on any atom is -0.493 e. The molecule has 0 spiro atoms. The monoisotopic (exact) mass is 402 g/mol. The molecule has 0 radical (unpaired) electrons. The van der Waals surface area contributed by atoms with Crippen molar-refractivity contribution < 1.29 is 19.1 Å². The maximum Gasteiger partial charge on any atom is 0.254 e. The van der Waals surface area contributed by atoms with Gasteiger partial charge >= 0.3 is 0 Å². The number of hydrogen-bond acceptors (Lipinski definition) is 5. The van der Waals surface area contributed by atoms with E-state index < -0.39 is 0 Å². The Kier molecular flexibility index (Phi) is 4.62. The molecular formula is C24H22N2O4. The summed E-state index contributed by atoms with van der Waals surface area (Å²) in [5, 5.41) is 5.27. The van der Waals surface area contributed by atoms with Crippen molar-refractivity contribution in [2.45, 2.75) is 13.0 Å². The van der Waals surface area contributed by atoms with Crippen LogP contribution in [0.1, 0.15) is 17.5 Å². The number of amides is 2. The number of rotatable bonds is 6. The summed E-state index contributed by atoms with van der Waals surface area (Å²) in [7, 11) is 1.57. The molecule has 6 nitrogen and oxygen atoms in total. The van der Waals surface area contributed by atoms with Gasteiger partial charge in [-0.3, -0.25) is 9.59 Å². The Hall–Kier alpha value is -3.41. The number of hydrazone groups is 1. The lowest BCUT2D eigenvalue weighted by Gasteiger charge is -2.13. The Morgan fingerprint density at radius 3 is 2.37 bits per heavy atom. The third kappa shape index (κ3) is 3.09. The molecule has 4 atom stereocenters. The summed E-state index contributed by atoms with van der Waals surface area (Å²) >= 11 is 0. The summed E-state index contributed by atoms with van der Waals surface area (Å²) in [5.74, 6) is 0.675.